The predicted molar refractivity (Wildman–Crippen MR) is 161 cm³/mol. The number of hydrogen-bond donors (Lipinski definition) is 1. The molecule has 13 heteroatoms. The number of nitrogens with one attached hydrogen (secondary N) is 1. The summed E-state index contributed by atoms with van der Waals surface area (Å²) in [7, 11) is -3.60. The van der Waals surface area contributed by atoms with Gasteiger partial charge in [0.05, 0.1) is 17.4 Å². The maximum Gasteiger partial charge on any atom is 0.417 e. The summed E-state index contributed by atoms with van der Waals surface area (Å²) in [4.78, 5) is 46.7. The number of carbonyl (C=O) groups excluding carboxylic acids is 3. The number of ether oxygens (including phenoxy) is 1. The molecule has 2 heterocycles. The smallest absolute Gasteiger partial charge is 0.417 e. The Kier molecular flexibility index (Phi) is 8.50. The lowest BCUT2D eigenvalue weighted by Gasteiger charge is -2.33. The molecule has 45 heavy (non-hydrogen) atoms. The maximum absolute atomic E-state index is 13.9. The highest BCUT2D eigenvalue weighted by molar-refractivity contribution is 7.93. The van der Waals surface area contributed by atoms with E-state index in [1.165, 1.54) is 29.3 Å². The maximum atomic E-state index is 13.9. The summed E-state index contributed by atoms with van der Waals surface area (Å²) in [5.74, 6) is -2.85. The molecule has 0 unspecified atom stereocenters. The Bertz CT molecular complexity index is 1620. The number of carbonyl (C=O) groups is 3. The van der Waals surface area contributed by atoms with E-state index in [1.54, 1.807) is 6.92 Å². The van der Waals surface area contributed by atoms with E-state index in [4.69, 9.17) is 4.74 Å². The van der Waals surface area contributed by atoms with Gasteiger partial charge in [-0.3, -0.25) is 14.4 Å². The molecule has 9 nitrogen and oxygen atoms in total. The van der Waals surface area contributed by atoms with Crippen molar-refractivity contribution in [1.29, 1.82) is 0 Å². The average molecular weight is 652 g/mol. The van der Waals surface area contributed by atoms with Crippen LogP contribution in [0.2, 0.25) is 0 Å². The Morgan fingerprint density at radius 3 is 2.40 bits per heavy atom. The lowest BCUT2D eigenvalue weighted by atomic mass is 9.81. The second kappa shape index (κ2) is 11.5. The predicted octanol–water partition coefficient (Wildman–Crippen LogP) is 4.72. The summed E-state index contributed by atoms with van der Waals surface area (Å²) in [6.07, 6.45) is -2.22. The van der Waals surface area contributed by atoms with E-state index in [0.717, 1.165) is 6.07 Å². The number of amides is 2. The van der Waals surface area contributed by atoms with Gasteiger partial charge in [0, 0.05) is 29.3 Å². The number of pyridine rings is 1. The molecule has 1 aromatic carbocycles. The number of ketones is 1. The van der Waals surface area contributed by atoms with Gasteiger partial charge in [-0.1, -0.05) is 47.1 Å². The number of alkyl halides is 3. The second-order valence-electron chi connectivity index (χ2n) is 13.8. The van der Waals surface area contributed by atoms with Crippen LogP contribution in [-0.4, -0.2) is 71.1 Å². The van der Waals surface area contributed by atoms with E-state index in [1.807, 2.05) is 27.7 Å². The molecular weight excluding hydrogens is 611 g/mol. The summed E-state index contributed by atoms with van der Waals surface area (Å²) in [5.41, 5.74) is -2.59. The highest BCUT2D eigenvalue weighted by Gasteiger charge is 2.61. The van der Waals surface area contributed by atoms with Crippen LogP contribution in [0.4, 0.5) is 13.2 Å². The average Bonchev–Trinajstić information content (AvgIpc) is 3.88. The Balaban J connectivity index is 1.42. The molecule has 0 bridgehead atoms. The molecule has 2 amide bonds. The van der Waals surface area contributed by atoms with Gasteiger partial charge in [0.1, 0.15) is 23.4 Å². The molecule has 2 saturated carbocycles. The van der Waals surface area contributed by atoms with Gasteiger partial charge >= 0.3 is 6.18 Å². The molecule has 0 radical (unpaired) electrons. The number of sulfone groups is 1. The quantitative estimate of drug-likeness (QED) is 0.395. The van der Waals surface area contributed by atoms with E-state index in [9.17, 15) is 36.0 Å². The topological polar surface area (TPSA) is 123 Å². The number of Topliss-reactive ketones (excluding diaryl/α,β-unsaturated/α-hetero) is 1. The first-order valence-corrected chi connectivity index (χ1v) is 17.1. The van der Waals surface area contributed by atoms with Gasteiger partial charge in [0.15, 0.2) is 15.6 Å². The third kappa shape index (κ3) is 6.55. The van der Waals surface area contributed by atoms with Gasteiger partial charge in [0.2, 0.25) is 17.7 Å². The fraction of sp³-hybridized carbons (Fsp3) is 0.625. The zero-order chi connectivity index (χ0) is 33.1. The lowest BCUT2D eigenvalue weighted by Crippen LogP contribution is -2.55. The Morgan fingerprint density at radius 1 is 1.13 bits per heavy atom. The molecule has 3 aliphatic rings. The SMILES string of the molecule is CC[C@@H]1C[C@]1(NC(=O)[C@@H]1C[C@@H](Oc2nccc3c(C(F)(F)F)cccc23)CN1C(=O)[C@@H](C)C(C)(C)C)C(=O)CS(=O)(=O)C1CC1. The molecule has 1 aliphatic heterocycles. The van der Waals surface area contributed by atoms with E-state index < -0.39 is 73.3 Å². The van der Waals surface area contributed by atoms with E-state index >= 15 is 0 Å². The van der Waals surface area contributed by atoms with Crippen LogP contribution in [0, 0.1) is 17.3 Å². The van der Waals surface area contributed by atoms with Gasteiger partial charge in [-0.15, -0.1) is 0 Å². The number of aromatic nitrogens is 1. The number of likely N-dealkylation sites (tertiary alicyclic amines) is 1. The second-order valence-corrected chi connectivity index (χ2v) is 16.1. The van der Waals surface area contributed by atoms with E-state index in [2.05, 4.69) is 10.3 Å². The summed E-state index contributed by atoms with van der Waals surface area (Å²) in [6, 6.07) is 3.93. The standard InChI is InChI=1S/C32H40F3N3O6S/c1-6-19-15-31(19,26(39)17-45(42,43)21-10-11-21)37-27(40)25-14-20(16-38(25)29(41)18(2)30(3,4)5)44-28-23-8-7-9-24(32(33,34)35)22(23)12-13-36-28/h7-9,12-13,18-21,25H,6,10-11,14-17H2,1-5H3,(H,37,40)/t18-,19-,20-,25+,31-/m1/s1. The molecule has 246 valence electrons. The highest BCUT2D eigenvalue weighted by Crippen LogP contribution is 2.48. The molecule has 1 saturated heterocycles. The lowest BCUT2D eigenvalue weighted by molar-refractivity contribution is -0.144. The van der Waals surface area contributed by atoms with Gasteiger partial charge < -0.3 is 15.0 Å². The van der Waals surface area contributed by atoms with Crippen molar-refractivity contribution in [1.82, 2.24) is 15.2 Å². The summed E-state index contributed by atoms with van der Waals surface area (Å²) in [6.45, 7) is 9.30. The number of benzene rings is 1. The van der Waals surface area contributed by atoms with Crippen molar-refractivity contribution < 1.29 is 40.7 Å². The van der Waals surface area contributed by atoms with Crippen LogP contribution >= 0.6 is 0 Å². The van der Waals surface area contributed by atoms with Crippen molar-refractivity contribution in [3.05, 3.63) is 36.0 Å². The minimum absolute atomic E-state index is 0.00685. The molecule has 1 aromatic heterocycles. The Labute approximate surface area is 261 Å². The van der Waals surface area contributed by atoms with Crippen LogP contribution in [-0.2, 0) is 30.4 Å². The minimum atomic E-state index is -4.59. The van der Waals surface area contributed by atoms with Crippen molar-refractivity contribution in [2.75, 3.05) is 12.3 Å². The Hall–Kier alpha value is -3.22. The van der Waals surface area contributed by atoms with Crippen molar-refractivity contribution in [2.45, 2.75) is 95.8 Å². The van der Waals surface area contributed by atoms with E-state index in [-0.39, 0.29) is 41.4 Å². The fourth-order valence-electron chi connectivity index (χ4n) is 6.22. The van der Waals surface area contributed by atoms with Crippen LogP contribution in [0.15, 0.2) is 30.5 Å². The van der Waals surface area contributed by atoms with E-state index in [0.29, 0.717) is 25.7 Å². The van der Waals surface area contributed by atoms with Gasteiger partial charge in [-0.2, -0.15) is 13.2 Å². The van der Waals surface area contributed by atoms with Crippen LogP contribution in [0.5, 0.6) is 5.88 Å². The molecule has 5 rings (SSSR count). The van der Waals surface area contributed by atoms with Gasteiger partial charge in [0.25, 0.3) is 0 Å². The first-order chi connectivity index (χ1) is 20.9. The van der Waals surface area contributed by atoms with Crippen molar-refractivity contribution in [3.63, 3.8) is 0 Å². The molecule has 3 fully saturated rings. The minimum Gasteiger partial charge on any atom is -0.472 e. The number of halogens is 3. The Morgan fingerprint density at radius 2 is 1.82 bits per heavy atom. The normalized spacial score (nSPS) is 26.0. The molecular formula is C32H40F3N3O6S. The highest BCUT2D eigenvalue weighted by atomic mass is 32.2. The third-order valence-corrected chi connectivity index (χ3v) is 11.8. The molecule has 2 aliphatic carbocycles. The monoisotopic (exact) mass is 651 g/mol. The van der Waals surface area contributed by atoms with Crippen molar-refractivity contribution >= 4 is 38.2 Å². The van der Waals surface area contributed by atoms with Gasteiger partial charge in [-0.25, -0.2) is 13.4 Å². The fourth-order valence-corrected chi connectivity index (χ4v) is 7.93. The number of rotatable bonds is 10. The summed E-state index contributed by atoms with van der Waals surface area (Å²) in [5, 5.41) is 2.40. The zero-order valence-corrected chi connectivity index (χ0v) is 26.9. The van der Waals surface area contributed by atoms with Crippen LogP contribution in [0.3, 0.4) is 0 Å². The molecule has 0 spiro atoms. The number of fused-ring (bicyclic) bond motifs is 1. The van der Waals surface area contributed by atoms with Crippen molar-refractivity contribution in [2.24, 2.45) is 17.3 Å². The van der Waals surface area contributed by atoms with Crippen molar-refractivity contribution in [3.8, 4) is 5.88 Å². The summed E-state index contributed by atoms with van der Waals surface area (Å²) >= 11 is 0. The summed E-state index contributed by atoms with van der Waals surface area (Å²) < 4.78 is 72.4. The van der Waals surface area contributed by atoms with Crippen LogP contribution in [0.1, 0.15) is 72.3 Å². The number of hydrogen-bond acceptors (Lipinski definition) is 7. The first kappa shape index (κ1) is 33.2. The first-order valence-electron chi connectivity index (χ1n) is 15.4. The molecule has 1 N–H and O–H groups in total. The van der Waals surface area contributed by atoms with Gasteiger partial charge in [-0.05, 0) is 48.8 Å². The zero-order valence-electron chi connectivity index (χ0n) is 26.1. The third-order valence-electron chi connectivity index (χ3n) is 9.68. The molecule has 2 aromatic rings. The number of nitrogens with zero attached hydrogens (tertiary/aromatic N) is 2. The van der Waals surface area contributed by atoms with Crippen LogP contribution in [0.25, 0.3) is 10.8 Å². The largest absolute Gasteiger partial charge is 0.472 e. The molecule has 5 atom stereocenters. The van der Waals surface area contributed by atoms with Crippen LogP contribution < -0.4 is 10.1 Å².